The lowest BCUT2D eigenvalue weighted by Crippen LogP contribution is -2.32. The third-order valence-electron chi connectivity index (χ3n) is 5.41. The summed E-state index contributed by atoms with van der Waals surface area (Å²) in [5.41, 5.74) is 5.91. The van der Waals surface area contributed by atoms with Crippen LogP contribution in [0.3, 0.4) is 0 Å². The van der Waals surface area contributed by atoms with Gasteiger partial charge in [-0.15, -0.1) is 0 Å². The van der Waals surface area contributed by atoms with Gasteiger partial charge in [0.1, 0.15) is 5.75 Å². The number of amides is 3. The lowest BCUT2D eigenvalue weighted by Gasteiger charge is -2.14. The van der Waals surface area contributed by atoms with Gasteiger partial charge in [-0.2, -0.15) is 5.10 Å². The highest BCUT2D eigenvalue weighted by Crippen LogP contribution is 2.36. The van der Waals surface area contributed by atoms with Gasteiger partial charge >= 0.3 is 11.8 Å². The summed E-state index contributed by atoms with van der Waals surface area (Å²) in [6.45, 7) is 3.66. The molecule has 0 saturated carbocycles. The summed E-state index contributed by atoms with van der Waals surface area (Å²) in [4.78, 5) is 36.6. The lowest BCUT2D eigenvalue weighted by atomic mass is 10.1. The van der Waals surface area contributed by atoms with Crippen molar-refractivity contribution in [1.82, 2.24) is 5.43 Å². The minimum Gasteiger partial charge on any atom is -0.497 e. The fourth-order valence-electron chi connectivity index (χ4n) is 3.24. The van der Waals surface area contributed by atoms with Crippen molar-refractivity contribution >= 4 is 51.2 Å². The van der Waals surface area contributed by atoms with E-state index in [1.165, 1.54) is 20.4 Å². The number of anilines is 2. The minimum absolute atomic E-state index is 0.241. The number of benzene rings is 3. The van der Waals surface area contributed by atoms with Crippen LogP contribution in [0.25, 0.3) is 0 Å². The normalized spacial score (nSPS) is 10.6. The number of nitrogens with one attached hydrogen (secondary N) is 3. The fraction of sp³-hybridized carbons (Fsp3) is 0.185. The maximum absolute atomic E-state index is 12.4. The van der Waals surface area contributed by atoms with E-state index >= 15 is 0 Å². The van der Waals surface area contributed by atoms with Crippen LogP contribution in [0.2, 0.25) is 0 Å². The van der Waals surface area contributed by atoms with E-state index in [4.69, 9.17) is 14.2 Å². The molecule has 3 aromatic carbocycles. The maximum atomic E-state index is 12.4. The summed E-state index contributed by atoms with van der Waals surface area (Å²) in [5.74, 6) is -0.871. The Hall–Kier alpha value is -4.38. The molecule has 0 heterocycles. The van der Waals surface area contributed by atoms with E-state index in [0.29, 0.717) is 33.0 Å². The monoisotopic (exact) mass is 582 g/mol. The molecule has 0 saturated heterocycles. The molecule has 0 spiro atoms. The zero-order chi connectivity index (χ0) is 27.7. The van der Waals surface area contributed by atoms with E-state index in [2.05, 4.69) is 37.1 Å². The molecule has 0 bridgehead atoms. The second-order valence-electron chi connectivity index (χ2n) is 8.00. The molecule has 0 fully saturated rings. The number of hydrogen-bond acceptors (Lipinski definition) is 7. The van der Waals surface area contributed by atoms with Crippen molar-refractivity contribution in [1.29, 1.82) is 0 Å². The Balaban J connectivity index is 1.58. The predicted octanol–water partition coefficient (Wildman–Crippen LogP) is 4.19. The van der Waals surface area contributed by atoms with Crippen molar-refractivity contribution in [3.8, 4) is 17.2 Å². The van der Waals surface area contributed by atoms with Gasteiger partial charge in [-0.3, -0.25) is 14.4 Å². The number of halogens is 1. The number of hydrazone groups is 1. The van der Waals surface area contributed by atoms with Crippen molar-refractivity contribution in [3.63, 3.8) is 0 Å². The van der Waals surface area contributed by atoms with Crippen LogP contribution in [0, 0.1) is 13.8 Å². The minimum atomic E-state index is -0.946. The summed E-state index contributed by atoms with van der Waals surface area (Å²) in [5, 5.41) is 9.13. The lowest BCUT2D eigenvalue weighted by molar-refractivity contribution is -0.136. The molecule has 3 amide bonds. The average molecular weight is 583 g/mol. The molecule has 3 rings (SSSR count). The van der Waals surface area contributed by atoms with Gasteiger partial charge in [0.25, 0.3) is 5.91 Å². The second-order valence-corrected chi connectivity index (χ2v) is 8.85. The topological polar surface area (TPSA) is 127 Å². The van der Waals surface area contributed by atoms with Crippen LogP contribution in [0.15, 0.2) is 64.2 Å². The van der Waals surface area contributed by atoms with Crippen molar-refractivity contribution in [2.45, 2.75) is 13.8 Å². The Morgan fingerprint density at radius 3 is 2.37 bits per heavy atom. The first-order valence-corrected chi connectivity index (χ1v) is 12.2. The van der Waals surface area contributed by atoms with Crippen LogP contribution in [0.1, 0.15) is 16.7 Å². The van der Waals surface area contributed by atoms with Gasteiger partial charge in [0.15, 0.2) is 18.1 Å². The van der Waals surface area contributed by atoms with Crippen molar-refractivity contribution in [2.75, 3.05) is 31.5 Å². The van der Waals surface area contributed by atoms with Crippen LogP contribution >= 0.6 is 15.9 Å². The molecule has 10 nitrogen and oxygen atoms in total. The van der Waals surface area contributed by atoms with Crippen LogP contribution in [0.4, 0.5) is 11.4 Å². The van der Waals surface area contributed by atoms with Crippen LogP contribution in [-0.4, -0.2) is 44.8 Å². The smallest absolute Gasteiger partial charge is 0.329 e. The number of ether oxygens (including phenoxy) is 3. The molecule has 0 aromatic heterocycles. The van der Waals surface area contributed by atoms with E-state index < -0.39 is 11.8 Å². The van der Waals surface area contributed by atoms with E-state index in [1.807, 2.05) is 32.0 Å². The molecule has 3 N–H and O–H groups in total. The molecule has 0 aliphatic carbocycles. The summed E-state index contributed by atoms with van der Waals surface area (Å²) in [6, 6.07) is 15.5. The Morgan fingerprint density at radius 1 is 0.947 bits per heavy atom. The van der Waals surface area contributed by atoms with Crippen molar-refractivity contribution < 1.29 is 28.6 Å². The number of nitrogens with zero attached hydrogens (tertiary/aromatic N) is 1. The molecule has 0 aliphatic heterocycles. The quantitative estimate of drug-likeness (QED) is 0.197. The van der Waals surface area contributed by atoms with Crippen LogP contribution < -0.4 is 30.3 Å². The third-order valence-corrected chi connectivity index (χ3v) is 6.00. The molecule has 0 unspecified atom stereocenters. The zero-order valence-electron chi connectivity index (χ0n) is 21.3. The van der Waals surface area contributed by atoms with Crippen molar-refractivity contribution in [3.05, 3.63) is 75.8 Å². The molecule has 198 valence electrons. The zero-order valence-corrected chi connectivity index (χ0v) is 22.8. The van der Waals surface area contributed by atoms with E-state index in [0.717, 1.165) is 16.8 Å². The molecule has 38 heavy (non-hydrogen) atoms. The number of hydrogen-bond donors (Lipinski definition) is 3. The Morgan fingerprint density at radius 2 is 1.68 bits per heavy atom. The molecule has 3 aromatic rings. The molecule has 0 aliphatic rings. The Labute approximate surface area is 228 Å². The van der Waals surface area contributed by atoms with Gasteiger partial charge in [-0.25, -0.2) is 5.43 Å². The summed E-state index contributed by atoms with van der Waals surface area (Å²) < 4.78 is 16.7. The SMILES string of the molecule is COc1ccc(NC(=O)C(=O)N/N=C\c2cc(Br)c(OCC(=O)Nc3cccc(C)c3C)c(OC)c2)cc1. The van der Waals surface area contributed by atoms with Gasteiger partial charge in [0, 0.05) is 11.4 Å². The first kappa shape index (κ1) is 28.2. The summed E-state index contributed by atoms with van der Waals surface area (Å²) in [7, 11) is 2.98. The largest absolute Gasteiger partial charge is 0.497 e. The number of aryl methyl sites for hydroxylation is 1. The molecule has 0 radical (unpaired) electrons. The van der Waals surface area contributed by atoms with Crippen molar-refractivity contribution in [2.24, 2.45) is 5.10 Å². The maximum Gasteiger partial charge on any atom is 0.329 e. The highest BCUT2D eigenvalue weighted by Gasteiger charge is 2.15. The number of methoxy groups -OCH3 is 2. The van der Waals surface area contributed by atoms with E-state index in [9.17, 15) is 14.4 Å². The third kappa shape index (κ3) is 7.56. The number of carbonyl (C=O) groups is 3. The Bertz CT molecular complexity index is 1360. The van der Waals surface area contributed by atoms with Gasteiger partial charge in [-0.05, 0) is 88.9 Å². The van der Waals surface area contributed by atoms with Crippen LogP contribution in [0.5, 0.6) is 17.2 Å². The van der Waals surface area contributed by atoms with Gasteiger partial charge in [-0.1, -0.05) is 12.1 Å². The molecule has 11 heteroatoms. The van der Waals surface area contributed by atoms with Gasteiger partial charge < -0.3 is 24.8 Å². The van der Waals surface area contributed by atoms with Crippen LogP contribution in [-0.2, 0) is 14.4 Å². The highest BCUT2D eigenvalue weighted by molar-refractivity contribution is 9.10. The first-order valence-electron chi connectivity index (χ1n) is 11.4. The Kier molecular flexibility index (Phi) is 9.83. The van der Waals surface area contributed by atoms with Gasteiger partial charge in [0.05, 0.1) is 24.9 Å². The summed E-state index contributed by atoms with van der Waals surface area (Å²) >= 11 is 3.41. The van der Waals surface area contributed by atoms with E-state index in [-0.39, 0.29) is 12.5 Å². The molecular formula is C27H27BrN4O6. The summed E-state index contributed by atoms with van der Waals surface area (Å²) in [6.07, 6.45) is 1.34. The fourth-order valence-corrected chi connectivity index (χ4v) is 3.82. The predicted molar refractivity (Wildman–Crippen MR) is 148 cm³/mol. The molecule has 0 atom stereocenters. The average Bonchev–Trinajstić information content (AvgIpc) is 2.90. The standard InChI is InChI=1S/C27H27BrN4O6/c1-16-6-5-7-22(17(16)2)31-24(33)15-38-25-21(28)12-18(13-23(25)37-4)14-29-32-27(35)26(34)30-19-8-10-20(36-3)11-9-19/h5-14H,15H2,1-4H3,(H,30,34)(H,31,33)(H,32,35)/b29-14-. The first-order chi connectivity index (χ1) is 18.2. The molecular weight excluding hydrogens is 556 g/mol. The number of carbonyl (C=O) groups excluding carboxylic acids is 3. The van der Waals surface area contributed by atoms with E-state index in [1.54, 1.807) is 36.4 Å². The van der Waals surface area contributed by atoms with Gasteiger partial charge in [0.2, 0.25) is 0 Å². The number of rotatable bonds is 9. The highest BCUT2D eigenvalue weighted by atomic mass is 79.9. The second kappa shape index (κ2) is 13.2.